The highest BCUT2D eigenvalue weighted by atomic mass is 16.3. The van der Waals surface area contributed by atoms with Crippen molar-refractivity contribution in [3.05, 3.63) is 24.3 Å². The Hall–Kier alpha value is -1.88. The molecule has 1 aliphatic heterocycles. The van der Waals surface area contributed by atoms with Gasteiger partial charge in [-0.3, -0.25) is 9.59 Å². The van der Waals surface area contributed by atoms with E-state index in [9.17, 15) is 14.7 Å². The van der Waals surface area contributed by atoms with E-state index >= 15 is 0 Å². The topological polar surface area (TPSA) is 69.6 Å². The van der Waals surface area contributed by atoms with Gasteiger partial charge < -0.3 is 15.3 Å². The van der Waals surface area contributed by atoms with Gasteiger partial charge in [-0.05, 0) is 18.2 Å². The summed E-state index contributed by atoms with van der Waals surface area (Å²) in [7, 11) is 0. The molecule has 0 aliphatic carbocycles. The Balaban J connectivity index is 2.15. The number of hydrogen-bond acceptors (Lipinski definition) is 3. The second-order valence-corrected chi connectivity index (χ2v) is 5.06. The van der Waals surface area contributed by atoms with Crippen LogP contribution >= 0.6 is 0 Å². The van der Waals surface area contributed by atoms with Gasteiger partial charge in [0.15, 0.2) is 0 Å². The maximum Gasteiger partial charge on any atom is 0.229 e. The first-order chi connectivity index (χ1) is 8.97. The molecule has 1 aromatic carbocycles. The molecule has 0 bridgehead atoms. The molecule has 1 fully saturated rings. The second-order valence-electron chi connectivity index (χ2n) is 5.06. The number of nitrogens with one attached hydrogen (secondary N) is 1. The van der Waals surface area contributed by atoms with Gasteiger partial charge in [-0.2, -0.15) is 0 Å². The Labute approximate surface area is 112 Å². The fourth-order valence-corrected chi connectivity index (χ4v) is 1.98. The highest BCUT2D eigenvalue weighted by Crippen LogP contribution is 2.24. The van der Waals surface area contributed by atoms with Crippen LogP contribution in [0.25, 0.3) is 0 Å². The Bertz CT molecular complexity index is 499. The van der Waals surface area contributed by atoms with Gasteiger partial charge in [-0.15, -0.1) is 0 Å². The van der Waals surface area contributed by atoms with Crippen LogP contribution in [0.15, 0.2) is 24.3 Å². The Morgan fingerprint density at radius 1 is 1.47 bits per heavy atom. The van der Waals surface area contributed by atoms with E-state index in [1.54, 1.807) is 24.3 Å². The molecule has 0 radical (unpaired) electrons. The van der Waals surface area contributed by atoms with Crippen molar-refractivity contribution in [3.63, 3.8) is 0 Å². The summed E-state index contributed by atoms with van der Waals surface area (Å²) >= 11 is 0. The zero-order valence-corrected chi connectivity index (χ0v) is 11.1. The maximum absolute atomic E-state index is 11.7. The first-order valence-corrected chi connectivity index (χ1v) is 6.36. The Morgan fingerprint density at radius 3 is 2.79 bits per heavy atom. The van der Waals surface area contributed by atoms with Crippen LogP contribution in [0.3, 0.4) is 0 Å². The van der Waals surface area contributed by atoms with E-state index in [1.807, 2.05) is 13.8 Å². The summed E-state index contributed by atoms with van der Waals surface area (Å²) in [5.74, 6) is -0.260. The molecule has 1 atom stereocenters. The molecule has 2 rings (SSSR count). The average molecular weight is 262 g/mol. The lowest BCUT2D eigenvalue weighted by molar-refractivity contribution is -0.119. The summed E-state index contributed by atoms with van der Waals surface area (Å²) in [6.45, 7) is 3.94. The molecule has 1 heterocycles. The molecule has 102 valence electrons. The van der Waals surface area contributed by atoms with Crippen LogP contribution in [0.4, 0.5) is 11.4 Å². The highest BCUT2D eigenvalue weighted by molar-refractivity contribution is 5.97. The molecule has 5 nitrogen and oxygen atoms in total. The predicted octanol–water partition coefficient (Wildman–Crippen LogP) is 1.38. The van der Waals surface area contributed by atoms with E-state index in [4.69, 9.17) is 0 Å². The smallest absolute Gasteiger partial charge is 0.229 e. The zero-order valence-electron chi connectivity index (χ0n) is 11.1. The van der Waals surface area contributed by atoms with Gasteiger partial charge >= 0.3 is 0 Å². The summed E-state index contributed by atoms with van der Waals surface area (Å²) in [6.07, 6.45) is -0.454. The summed E-state index contributed by atoms with van der Waals surface area (Å²) in [4.78, 5) is 24.9. The second kappa shape index (κ2) is 5.40. The number of rotatable bonds is 3. The number of carbonyl (C=O) groups is 2. The molecular formula is C14H18N2O3. The third kappa shape index (κ3) is 3.12. The molecule has 0 spiro atoms. The van der Waals surface area contributed by atoms with Crippen molar-refractivity contribution in [1.82, 2.24) is 0 Å². The molecule has 0 saturated carbocycles. The van der Waals surface area contributed by atoms with Gasteiger partial charge in [0.25, 0.3) is 0 Å². The normalized spacial score (nSPS) is 19.1. The molecule has 1 saturated heterocycles. The molecule has 1 aliphatic rings. The number of β-amino-alcohol motifs (C(OH)–C–C–N with tert-alkyl or cyclic N) is 1. The van der Waals surface area contributed by atoms with Gasteiger partial charge in [0.1, 0.15) is 0 Å². The predicted molar refractivity (Wildman–Crippen MR) is 72.9 cm³/mol. The number of aliphatic hydroxyl groups is 1. The van der Waals surface area contributed by atoms with Crippen LogP contribution in [-0.4, -0.2) is 29.6 Å². The van der Waals surface area contributed by atoms with Gasteiger partial charge in [0, 0.05) is 17.3 Å². The first-order valence-electron chi connectivity index (χ1n) is 6.36. The highest BCUT2D eigenvalue weighted by Gasteiger charge is 2.29. The van der Waals surface area contributed by atoms with E-state index in [0.29, 0.717) is 17.9 Å². The third-order valence-corrected chi connectivity index (χ3v) is 3.05. The minimum absolute atomic E-state index is 0.0649. The molecule has 2 N–H and O–H groups in total. The Kier molecular flexibility index (Phi) is 3.85. The van der Waals surface area contributed by atoms with Crippen molar-refractivity contribution in [2.45, 2.75) is 26.4 Å². The number of benzene rings is 1. The minimum atomic E-state index is -0.610. The van der Waals surface area contributed by atoms with Crippen LogP contribution in [-0.2, 0) is 9.59 Å². The number of aliphatic hydroxyl groups excluding tert-OH is 1. The standard InChI is InChI=1S/C14H18N2O3/c1-9(2)14(19)15-10-4-3-5-11(6-10)16-8-12(17)7-13(16)18/h3-6,9,12,17H,7-8H2,1-2H3,(H,15,19). The van der Waals surface area contributed by atoms with Crippen LogP contribution in [0.1, 0.15) is 20.3 Å². The third-order valence-electron chi connectivity index (χ3n) is 3.05. The lowest BCUT2D eigenvalue weighted by atomic mass is 10.2. The molecular weight excluding hydrogens is 244 g/mol. The van der Waals surface area contributed by atoms with Gasteiger partial charge in [-0.1, -0.05) is 19.9 Å². The number of amides is 2. The largest absolute Gasteiger partial charge is 0.391 e. The molecule has 2 amide bonds. The molecule has 5 heteroatoms. The van der Waals surface area contributed by atoms with E-state index < -0.39 is 6.10 Å². The van der Waals surface area contributed by atoms with E-state index in [-0.39, 0.29) is 24.2 Å². The monoisotopic (exact) mass is 262 g/mol. The lowest BCUT2D eigenvalue weighted by Crippen LogP contribution is -2.25. The fourth-order valence-electron chi connectivity index (χ4n) is 1.98. The summed E-state index contributed by atoms with van der Waals surface area (Å²) in [5, 5.41) is 12.3. The lowest BCUT2D eigenvalue weighted by Gasteiger charge is -2.17. The quantitative estimate of drug-likeness (QED) is 0.864. The van der Waals surface area contributed by atoms with Crippen LogP contribution in [0.2, 0.25) is 0 Å². The van der Waals surface area contributed by atoms with Crippen LogP contribution in [0.5, 0.6) is 0 Å². The molecule has 1 unspecified atom stereocenters. The van der Waals surface area contributed by atoms with Crippen molar-refractivity contribution < 1.29 is 14.7 Å². The van der Waals surface area contributed by atoms with E-state index in [2.05, 4.69) is 5.32 Å². The number of hydrogen-bond donors (Lipinski definition) is 2. The zero-order chi connectivity index (χ0) is 14.0. The van der Waals surface area contributed by atoms with E-state index in [0.717, 1.165) is 0 Å². The summed E-state index contributed by atoms with van der Waals surface area (Å²) < 4.78 is 0. The fraction of sp³-hybridized carbons (Fsp3) is 0.429. The van der Waals surface area contributed by atoms with E-state index in [1.165, 1.54) is 4.90 Å². The molecule has 0 aromatic heterocycles. The van der Waals surface area contributed by atoms with Crippen molar-refractivity contribution >= 4 is 23.2 Å². The first kappa shape index (κ1) is 13.5. The minimum Gasteiger partial charge on any atom is -0.391 e. The average Bonchev–Trinajstić information content (AvgIpc) is 2.68. The maximum atomic E-state index is 11.7. The molecule has 19 heavy (non-hydrogen) atoms. The number of nitrogens with zero attached hydrogens (tertiary/aromatic N) is 1. The molecule has 1 aromatic rings. The van der Waals surface area contributed by atoms with Crippen LogP contribution in [0, 0.1) is 5.92 Å². The van der Waals surface area contributed by atoms with Crippen molar-refractivity contribution in [2.24, 2.45) is 5.92 Å². The van der Waals surface area contributed by atoms with Crippen molar-refractivity contribution in [1.29, 1.82) is 0 Å². The number of anilines is 2. The summed E-state index contributed by atoms with van der Waals surface area (Å²) in [6, 6.07) is 7.10. The summed E-state index contributed by atoms with van der Waals surface area (Å²) in [5.41, 5.74) is 1.36. The van der Waals surface area contributed by atoms with Gasteiger partial charge in [0.05, 0.1) is 19.1 Å². The Morgan fingerprint density at radius 2 is 2.21 bits per heavy atom. The van der Waals surface area contributed by atoms with Gasteiger partial charge in [0.2, 0.25) is 11.8 Å². The number of carbonyl (C=O) groups excluding carboxylic acids is 2. The van der Waals surface area contributed by atoms with Crippen molar-refractivity contribution in [3.8, 4) is 0 Å². The van der Waals surface area contributed by atoms with Crippen LogP contribution < -0.4 is 10.2 Å². The van der Waals surface area contributed by atoms with Crippen molar-refractivity contribution in [2.75, 3.05) is 16.8 Å². The van der Waals surface area contributed by atoms with Gasteiger partial charge in [-0.25, -0.2) is 0 Å². The SMILES string of the molecule is CC(C)C(=O)Nc1cccc(N2CC(O)CC2=O)c1.